The van der Waals surface area contributed by atoms with Crippen LogP contribution in [0.15, 0.2) is 30.3 Å². The van der Waals surface area contributed by atoms with Crippen molar-refractivity contribution in [3.8, 4) is 0 Å². The molecule has 1 aromatic carbocycles. The van der Waals surface area contributed by atoms with Gasteiger partial charge in [-0.05, 0) is 12.1 Å². The minimum absolute atomic E-state index is 0.0228. The minimum atomic E-state index is -0.277. The molecule has 0 radical (unpaired) electrons. The van der Waals surface area contributed by atoms with Crippen LogP contribution < -0.4 is 5.32 Å². The van der Waals surface area contributed by atoms with E-state index < -0.39 is 0 Å². The summed E-state index contributed by atoms with van der Waals surface area (Å²) in [6, 6.07) is 9.12. The van der Waals surface area contributed by atoms with E-state index in [1.807, 2.05) is 18.2 Å². The van der Waals surface area contributed by atoms with Gasteiger partial charge in [-0.2, -0.15) is 0 Å². The lowest BCUT2D eigenvalue weighted by molar-refractivity contribution is -0.135. The smallest absolute Gasteiger partial charge is 0.243 e. The normalized spacial score (nSPS) is 11.7. The average molecular weight is 269 g/mol. The second-order valence-electron chi connectivity index (χ2n) is 4.16. The van der Waals surface area contributed by atoms with Crippen LogP contribution in [0.2, 0.25) is 0 Å². The van der Waals surface area contributed by atoms with E-state index in [1.165, 1.54) is 4.90 Å². The van der Waals surface area contributed by atoms with E-state index >= 15 is 0 Å². The number of halogens is 1. The summed E-state index contributed by atoms with van der Waals surface area (Å²) in [4.78, 5) is 24.8. The van der Waals surface area contributed by atoms with Gasteiger partial charge in [0.05, 0.1) is 6.54 Å². The second-order valence-corrected chi connectivity index (χ2v) is 4.47. The number of carbonyl (C=O) groups excluding carboxylic acids is 2. The number of amides is 2. The first-order chi connectivity index (χ1) is 8.54. The number of carbonyl (C=O) groups is 2. The molecule has 98 valence electrons. The molecule has 1 aromatic rings. The van der Waals surface area contributed by atoms with E-state index in [0.717, 1.165) is 0 Å². The SMILES string of the molecule is CC(CCl)C(=O)N(C)CC(=O)Nc1ccccc1. The third kappa shape index (κ3) is 4.37. The molecule has 0 aliphatic carbocycles. The van der Waals surface area contributed by atoms with Crippen molar-refractivity contribution in [2.24, 2.45) is 5.92 Å². The number of hydrogen-bond donors (Lipinski definition) is 1. The van der Waals surface area contributed by atoms with E-state index in [-0.39, 0.29) is 30.2 Å². The van der Waals surface area contributed by atoms with Gasteiger partial charge in [0, 0.05) is 24.5 Å². The molecule has 18 heavy (non-hydrogen) atoms. The first kappa shape index (κ1) is 14.5. The summed E-state index contributed by atoms with van der Waals surface area (Å²) in [5.41, 5.74) is 0.716. The Morgan fingerprint density at radius 1 is 1.33 bits per heavy atom. The van der Waals surface area contributed by atoms with Gasteiger partial charge in [-0.3, -0.25) is 9.59 Å². The summed E-state index contributed by atoms with van der Waals surface area (Å²) in [7, 11) is 1.59. The lowest BCUT2D eigenvalue weighted by atomic mass is 10.2. The van der Waals surface area contributed by atoms with E-state index in [2.05, 4.69) is 5.32 Å². The van der Waals surface area contributed by atoms with Crippen molar-refractivity contribution in [1.29, 1.82) is 0 Å². The average Bonchev–Trinajstić information content (AvgIpc) is 2.37. The van der Waals surface area contributed by atoms with Crippen molar-refractivity contribution in [3.63, 3.8) is 0 Å². The zero-order valence-electron chi connectivity index (χ0n) is 10.5. The standard InChI is InChI=1S/C13H17ClN2O2/c1-10(8-14)13(18)16(2)9-12(17)15-11-6-4-3-5-7-11/h3-7,10H,8-9H2,1-2H3,(H,15,17). The van der Waals surface area contributed by atoms with Gasteiger partial charge in [-0.25, -0.2) is 0 Å². The van der Waals surface area contributed by atoms with Crippen LogP contribution in [0.25, 0.3) is 0 Å². The van der Waals surface area contributed by atoms with Crippen LogP contribution in [-0.2, 0) is 9.59 Å². The molecule has 0 spiro atoms. The van der Waals surface area contributed by atoms with Gasteiger partial charge in [0.1, 0.15) is 0 Å². The number of para-hydroxylation sites is 1. The number of nitrogens with one attached hydrogen (secondary N) is 1. The highest BCUT2D eigenvalue weighted by atomic mass is 35.5. The Morgan fingerprint density at radius 3 is 2.50 bits per heavy atom. The Balaban J connectivity index is 2.48. The van der Waals surface area contributed by atoms with Crippen LogP contribution in [0.4, 0.5) is 5.69 Å². The fourth-order valence-electron chi connectivity index (χ4n) is 1.46. The molecule has 0 heterocycles. The fraction of sp³-hybridized carbons (Fsp3) is 0.385. The summed E-state index contributed by atoms with van der Waals surface area (Å²) in [6.07, 6.45) is 0. The monoisotopic (exact) mass is 268 g/mol. The lowest BCUT2D eigenvalue weighted by Gasteiger charge is -2.19. The topological polar surface area (TPSA) is 49.4 Å². The van der Waals surface area contributed by atoms with Gasteiger partial charge in [0.2, 0.25) is 11.8 Å². The number of hydrogen-bond acceptors (Lipinski definition) is 2. The molecule has 1 N–H and O–H groups in total. The Bertz CT molecular complexity index is 409. The molecular formula is C13H17ClN2O2. The summed E-state index contributed by atoms with van der Waals surface area (Å²) in [5, 5.41) is 2.72. The van der Waals surface area contributed by atoms with Crippen molar-refractivity contribution in [1.82, 2.24) is 4.90 Å². The highest BCUT2D eigenvalue weighted by Gasteiger charge is 2.18. The molecule has 0 saturated carbocycles. The molecule has 1 rings (SSSR count). The minimum Gasteiger partial charge on any atom is -0.336 e. The Morgan fingerprint density at radius 2 is 1.94 bits per heavy atom. The van der Waals surface area contributed by atoms with E-state index in [9.17, 15) is 9.59 Å². The molecule has 0 aromatic heterocycles. The molecular weight excluding hydrogens is 252 g/mol. The van der Waals surface area contributed by atoms with Crippen molar-refractivity contribution >= 4 is 29.1 Å². The highest BCUT2D eigenvalue weighted by Crippen LogP contribution is 2.06. The Kier molecular flexibility index (Phi) is 5.65. The summed E-state index contributed by atoms with van der Waals surface area (Å²) in [5.74, 6) is -0.378. The maximum Gasteiger partial charge on any atom is 0.243 e. The van der Waals surface area contributed by atoms with Gasteiger partial charge >= 0.3 is 0 Å². The van der Waals surface area contributed by atoms with E-state index in [0.29, 0.717) is 5.69 Å². The molecule has 0 bridgehead atoms. The van der Waals surface area contributed by atoms with Crippen LogP contribution in [0.3, 0.4) is 0 Å². The quantitative estimate of drug-likeness (QED) is 0.830. The largest absolute Gasteiger partial charge is 0.336 e. The Hall–Kier alpha value is -1.55. The summed E-state index contributed by atoms with van der Waals surface area (Å²) >= 11 is 5.61. The zero-order valence-corrected chi connectivity index (χ0v) is 11.3. The second kappa shape index (κ2) is 7.01. The number of anilines is 1. The number of benzene rings is 1. The Labute approximate surface area is 112 Å². The number of alkyl halides is 1. The molecule has 0 fully saturated rings. The zero-order chi connectivity index (χ0) is 13.5. The van der Waals surface area contributed by atoms with Crippen molar-refractivity contribution in [2.75, 3.05) is 24.8 Å². The molecule has 2 amide bonds. The third-order valence-corrected chi connectivity index (χ3v) is 2.93. The molecule has 0 aliphatic rings. The van der Waals surface area contributed by atoms with Gasteiger partial charge in [0.15, 0.2) is 0 Å². The maximum absolute atomic E-state index is 11.7. The predicted octanol–water partition coefficient (Wildman–Crippen LogP) is 1.96. The molecule has 0 aliphatic heterocycles. The molecule has 4 nitrogen and oxygen atoms in total. The van der Waals surface area contributed by atoms with Crippen molar-refractivity contribution in [3.05, 3.63) is 30.3 Å². The highest BCUT2D eigenvalue weighted by molar-refractivity contribution is 6.19. The van der Waals surface area contributed by atoms with Crippen LogP contribution in [-0.4, -0.2) is 36.2 Å². The van der Waals surface area contributed by atoms with Crippen LogP contribution in [0.1, 0.15) is 6.92 Å². The summed E-state index contributed by atoms with van der Waals surface area (Å²) < 4.78 is 0. The molecule has 1 unspecified atom stereocenters. The van der Waals surface area contributed by atoms with Gasteiger partial charge in [-0.1, -0.05) is 25.1 Å². The number of likely N-dealkylation sites (N-methyl/N-ethyl adjacent to an activating group) is 1. The maximum atomic E-state index is 11.7. The van der Waals surface area contributed by atoms with Gasteiger partial charge < -0.3 is 10.2 Å². The number of nitrogens with zero attached hydrogens (tertiary/aromatic N) is 1. The van der Waals surface area contributed by atoms with E-state index in [1.54, 1.807) is 26.1 Å². The van der Waals surface area contributed by atoms with Crippen molar-refractivity contribution < 1.29 is 9.59 Å². The van der Waals surface area contributed by atoms with Crippen LogP contribution in [0, 0.1) is 5.92 Å². The van der Waals surface area contributed by atoms with Gasteiger partial charge in [0.25, 0.3) is 0 Å². The summed E-state index contributed by atoms with van der Waals surface area (Å²) in [6.45, 7) is 1.76. The number of rotatable bonds is 5. The van der Waals surface area contributed by atoms with Crippen molar-refractivity contribution in [2.45, 2.75) is 6.92 Å². The molecule has 0 saturated heterocycles. The molecule has 1 atom stereocenters. The third-order valence-electron chi connectivity index (χ3n) is 2.47. The van der Waals surface area contributed by atoms with E-state index in [4.69, 9.17) is 11.6 Å². The van der Waals surface area contributed by atoms with Gasteiger partial charge in [-0.15, -0.1) is 11.6 Å². The molecule has 5 heteroatoms. The van der Waals surface area contributed by atoms with Crippen LogP contribution >= 0.6 is 11.6 Å². The predicted molar refractivity (Wildman–Crippen MR) is 72.6 cm³/mol. The van der Waals surface area contributed by atoms with Crippen LogP contribution in [0.5, 0.6) is 0 Å². The fourth-order valence-corrected chi connectivity index (χ4v) is 1.59. The first-order valence-corrected chi connectivity index (χ1v) is 6.24. The first-order valence-electron chi connectivity index (χ1n) is 5.70. The lowest BCUT2D eigenvalue weighted by Crippen LogP contribution is -2.38.